The third-order valence-corrected chi connectivity index (χ3v) is 3.74. The summed E-state index contributed by atoms with van der Waals surface area (Å²) in [5.74, 6) is -0.893. The zero-order valence-electron chi connectivity index (χ0n) is 11.4. The number of carbonyl (C=O) groups is 2. The Morgan fingerprint density at radius 1 is 1.42 bits per heavy atom. The van der Waals surface area contributed by atoms with Crippen LogP contribution in [-0.2, 0) is 15.2 Å². The van der Waals surface area contributed by atoms with Gasteiger partial charge < -0.3 is 9.69 Å². The van der Waals surface area contributed by atoms with Gasteiger partial charge in [0.05, 0.1) is 5.57 Å². The lowest BCUT2D eigenvalue weighted by Crippen LogP contribution is -2.23. The van der Waals surface area contributed by atoms with Crippen LogP contribution in [0.25, 0.3) is 0 Å². The highest BCUT2D eigenvalue weighted by atomic mass is 19.1. The van der Waals surface area contributed by atoms with E-state index in [1.807, 2.05) is 12.1 Å². The summed E-state index contributed by atoms with van der Waals surface area (Å²) in [7, 11) is 3.20. The largest absolute Gasteiger partial charge is 0.344 e. The molecule has 0 saturated carbocycles. The van der Waals surface area contributed by atoms with Gasteiger partial charge in [0.1, 0.15) is 12.2 Å². The second-order valence-electron chi connectivity index (χ2n) is 5.58. The van der Waals surface area contributed by atoms with Gasteiger partial charge in [-0.3, -0.25) is 4.79 Å². The third-order valence-electron chi connectivity index (χ3n) is 3.74. The van der Waals surface area contributed by atoms with E-state index in [1.165, 1.54) is 14.8 Å². The number of hydrogen-bond donors (Lipinski definition) is 0. The number of aldehydes is 1. The van der Waals surface area contributed by atoms with Gasteiger partial charge in [0, 0.05) is 19.5 Å². The van der Waals surface area contributed by atoms with Crippen molar-refractivity contribution in [3.05, 3.63) is 35.4 Å². The number of hydrogen-bond acceptors (Lipinski definition) is 2. The molecule has 1 aromatic rings. The highest BCUT2D eigenvalue weighted by Crippen LogP contribution is 2.32. The Hall–Kier alpha value is -1.65. The second kappa shape index (κ2) is 4.80. The van der Waals surface area contributed by atoms with Crippen LogP contribution in [0.5, 0.6) is 0 Å². The second-order valence-corrected chi connectivity index (χ2v) is 5.58. The summed E-state index contributed by atoms with van der Waals surface area (Å²) in [6.07, 6.45) is 0.712. The molecule has 0 radical (unpaired) electrons. The summed E-state index contributed by atoms with van der Waals surface area (Å²) in [6.45, 7) is 2.03. The topological polar surface area (TPSA) is 37.4 Å². The van der Waals surface area contributed by atoms with E-state index in [-0.39, 0.29) is 11.8 Å². The van der Waals surface area contributed by atoms with Crippen LogP contribution in [0.2, 0.25) is 0 Å². The summed E-state index contributed by atoms with van der Waals surface area (Å²) < 4.78 is 13.8. The van der Waals surface area contributed by atoms with Crippen molar-refractivity contribution >= 4 is 20.0 Å². The summed E-state index contributed by atoms with van der Waals surface area (Å²) in [6, 6.07) is 7.06. The minimum absolute atomic E-state index is 0.133. The molecule has 0 N–H and O–H groups in total. The van der Waals surface area contributed by atoms with Crippen LogP contribution in [0.1, 0.15) is 24.0 Å². The maximum absolute atomic E-state index is 13.8. The number of alkyl halides is 1. The van der Waals surface area contributed by atoms with Gasteiger partial charge in [-0.05, 0) is 18.1 Å². The number of amides is 1. The van der Waals surface area contributed by atoms with E-state index >= 15 is 0 Å². The van der Waals surface area contributed by atoms with Gasteiger partial charge in [0.2, 0.25) is 5.91 Å². The van der Waals surface area contributed by atoms with Crippen molar-refractivity contribution in [3.8, 4) is 0 Å². The third kappa shape index (κ3) is 2.55. The summed E-state index contributed by atoms with van der Waals surface area (Å²) in [4.78, 5) is 24.4. The number of benzene rings is 1. The molecule has 1 fully saturated rings. The van der Waals surface area contributed by atoms with Gasteiger partial charge in [-0.25, -0.2) is 4.39 Å². The molecule has 1 heterocycles. The maximum Gasteiger partial charge on any atom is 0.233 e. The predicted molar refractivity (Wildman–Crippen MR) is 73.4 cm³/mol. The molecule has 3 atom stereocenters. The van der Waals surface area contributed by atoms with Crippen LogP contribution in [0.15, 0.2) is 24.3 Å². The molecule has 5 heteroatoms. The molecule has 0 aromatic heterocycles. The van der Waals surface area contributed by atoms with Crippen LogP contribution >= 0.6 is 0 Å². The summed E-state index contributed by atoms with van der Waals surface area (Å²) in [5.41, 5.74) is 0.115. The van der Waals surface area contributed by atoms with Gasteiger partial charge in [-0.2, -0.15) is 0 Å². The van der Waals surface area contributed by atoms with E-state index in [0.717, 1.165) is 5.56 Å². The quantitative estimate of drug-likeness (QED) is 0.459. The van der Waals surface area contributed by atoms with Crippen molar-refractivity contribution in [2.45, 2.75) is 18.4 Å². The Morgan fingerprint density at radius 2 is 2.00 bits per heavy atom. The zero-order valence-corrected chi connectivity index (χ0v) is 11.4. The van der Waals surface area contributed by atoms with Crippen molar-refractivity contribution in [2.75, 3.05) is 13.6 Å². The summed E-state index contributed by atoms with van der Waals surface area (Å²) in [5, 5.41) is 0. The monoisotopic (exact) mass is 261 g/mol. The van der Waals surface area contributed by atoms with Gasteiger partial charge in [-0.1, -0.05) is 24.3 Å². The Bertz CT molecular complexity index is 495. The number of rotatable bonds is 3. The standard InChI is InChI=1S/C14H17BFNO2/c1-14(15,16)10-5-3-9(4-6-10)11-7-17(2)13(19)12(11)8-18/h3-6,8,11-12H,7,15H2,1-2H3/t11-,12?,14?/m1/s1. The first-order chi connectivity index (χ1) is 8.84. The van der Waals surface area contributed by atoms with Crippen molar-refractivity contribution in [1.29, 1.82) is 0 Å². The number of likely N-dealkylation sites (tertiary alicyclic amines) is 1. The lowest BCUT2D eigenvalue weighted by atomic mass is 9.78. The molecular formula is C14H17BFNO2. The van der Waals surface area contributed by atoms with Crippen LogP contribution in [0.4, 0.5) is 4.39 Å². The van der Waals surface area contributed by atoms with Gasteiger partial charge in [0.15, 0.2) is 7.85 Å². The van der Waals surface area contributed by atoms with Gasteiger partial charge >= 0.3 is 0 Å². The maximum atomic E-state index is 13.8. The molecule has 100 valence electrons. The molecule has 2 rings (SSSR count). The molecule has 3 nitrogen and oxygen atoms in total. The first-order valence-corrected chi connectivity index (χ1v) is 6.34. The molecule has 1 amide bonds. The fourth-order valence-electron chi connectivity index (χ4n) is 2.52. The lowest BCUT2D eigenvalue weighted by Gasteiger charge is -2.17. The fourth-order valence-corrected chi connectivity index (χ4v) is 2.52. The smallest absolute Gasteiger partial charge is 0.233 e. The predicted octanol–water partition coefficient (Wildman–Crippen LogP) is 0.833. The molecule has 0 spiro atoms. The van der Waals surface area contributed by atoms with E-state index in [9.17, 15) is 14.0 Å². The van der Waals surface area contributed by atoms with E-state index in [1.54, 1.807) is 24.1 Å². The van der Waals surface area contributed by atoms with E-state index in [4.69, 9.17) is 0 Å². The molecule has 1 aliphatic heterocycles. The molecule has 0 aliphatic carbocycles. The van der Waals surface area contributed by atoms with Crippen LogP contribution in [0, 0.1) is 5.92 Å². The lowest BCUT2D eigenvalue weighted by molar-refractivity contribution is -0.132. The minimum atomic E-state index is -1.38. The number of halogens is 1. The van der Waals surface area contributed by atoms with E-state index in [0.29, 0.717) is 18.4 Å². The Labute approximate surface area is 113 Å². The summed E-state index contributed by atoms with van der Waals surface area (Å²) >= 11 is 0. The normalized spacial score (nSPS) is 26.3. The van der Waals surface area contributed by atoms with Crippen LogP contribution in [0.3, 0.4) is 0 Å². The molecule has 1 aromatic carbocycles. The fraction of sp³-hybridized carbons (Fsp3) is 0.429. The average Bonchev–Trinajstić information content (AvgIpc) is 2.64. The molecule has 0 bridgehead atoms. The first-order valence-electron chi connectivity index (χ1n) is 6.34. The van der Waals surface area contributed by atoms with E-state index < -0.39 is 11.5 Å². The minimum Gasteiger partial charge on any atom is -0.344 e. The highest BCUT2D eigenvalue weighted by molar-refractivity contribution is 6.14. The Morgan fingerprint density at radius 3 is 2.47 bits per heavy atom. The van der Waals surface area contributed by atoms with Crippen molar-refractivity contribution in [2.24, 2.45) is 5.92 Å². The first kappa shape index (κ1) is 13.8. The number of likely N-dealkylation sites (N-methyl/N-ethyl adjacent to an activating group) is 1. The molecular weight excluding hydrogens is 244 g/mol. The average molecular weight is 261 g/mol. The zero-order chi connectivity index (χ0) is 14.2. The van der Waals surface area contributed by atoms with Crippen molar-refractivity contribution in [1.82, 2.24) is 4.90 Å². The van der Waals surface area contributed by atoms with Crippen LogP contribution in [-0.4, -0.2) is 38.5 Å². The SMILES string of the molecule is BC(C)(F)c1ccc([C@H]2CN(C)C(=O)C2C=O)cc1. The molecule has 19 heavy (non-hydrogen) atoms. The number of carbonyl (C=O) groups excluding carboxylic acids is 2. The Balaban J connectivity index is 2.28. The van der Waals surface area contributed by atoms with E-state index in [2.05, 4.69) is 0 Å². The molecule has 1 saturated heterocycles. The number of nitrogens with zero attached hydrogens (tertiary/aromatic N) is 1. The van der Waals surface area contributed by atoms with Crippen molar-refractivity contribution < 1.29 is 14.0 Å². The van der Waals surface area contributed by atoms with Gasteiger partial charge in [0.25, 0.3) is 0 Å². The molecule has 2 unspecified atom stereocenters. The molecule has 1 aliphatic rings. The Kier molecular flexibility index (Phi) is 3.48. The van der Waals surface area contributed by atoms with Gasteiger partial charge in [-0.15, -0.1) is 0 Å². The van der Waals surface area contributed by atoms with Crippen LogP contribution < -0.4 is 0 Å². The van der Waals surface area contributed by atoms with Crippen molar-refractivity contribution in [3.63, 3.8) is 0 Å². The highest BCUT2D eigenvalue weighted by Gasteiger charge is 2.39.